The van der Waals surface area contributed by atoms with Gasteiger partial charge in [0.05, 0.1) is 17.6 Å². The van der Waals surface area contributed by atoms with E-state index in [1.54, 1.807) is 0 Å². The first-order valence-electron chi connectivity index (χ1n) is 5.75. The molecule has 0 spiro atoms. The molecule has 1 aliphatic rings. The lowest BCUT2D eigenvalue weighted by Crippen LogP contribution is -2.61. The van der Waals surface area contributed by atoms with Crippen molar-refractivity contribution in [2.75, 3.05) is 13.1 Å². The maximum Gasteiger partial charge on any atom is 0.338 e. The van der Waals surface area contributed by atoms with E-state index >= 15 is 0 Å². The van der Waals surface area contributed by atoms with Crippen LogP contribution in [0.3, 0.4) is 0 Å². The molecule has 0 radical (unpaired) electrons. The lowest BCUT2D eigenvalue weighted by molar-refractivity contribution is -0.135. The van der Waals surface area contributed by atoms with Crippen LogP contribution in [-0.4, -0.2) is 40.5 Å². The number of furan rings is 1. The second-order valence-corrected chi connectivity index (χ2v) is 4.84. The van der Waals surface area contributed by atoms with E-state index in [0.29, 0.717) is 25.4 Å². The van der Waals surface area contributed by atoms with Gasteiger partial charge in [-0.25, -0.2) is 4.79 Å². The van der Waals surface area contributed by atoms with Crippen molar-refractivity contribution >= 4 is 11.9 Å². The lowest BCUT2D eigenvalue weighted by atomic mass is 9.99. The van der Waals surface area contributed by atoms with Crippen LogP contribution in [0.15, 0.2) is 16.7 Å². The maximum atomic E-state index is 11.8. The molecule has 1 fully saturated rings. The number of nitrogens with one attached hydrogen (secondary N) is 1. The van der Waals surface area contributed by atoms with Crippen molar-refractivity contribution in [3.63, 3.8) is 0 Å². The van der Waals surface area contributed by atoms with Crippen LogP contribution in [0.2, 0.25) is 0 Å². The maximum absolute atomic E-state index is 11.8. The molecule has 0 aliphatic carbocycles. The van der Waals surface area contributed by atoms with Crippen molar-refractivity contribution in [1.29, 1.82) is 0 Å². The molecule has 1 aromatic heterocycles. The monoisotopic (exact) mass is 252 g/mol. The van der Waals surface area contributed by atoms with E-state index in [9.17, 15) is 9.59 Å². The van der Waals surface area contributed by atoms with Crippen LogP contribution in [0.5, 0.6) is 0 Å². The summed E-state index contributed by atoms with van der Waals surface area (Å²) in [4.78, 5) is 24.5. The highest BCUT2D eigenvalue weighted by Crippen LogP contribution is 2.21. The Morgan fingerprint density at radius 3 is 2.94 bits per heavy atom. The van der Waals surface area contributed by atoms with E-state index in [1.807, 2.05) is 18.7 Å². The number of carboxylic acids is 1. The van der Waals surface area contributed by atoms with Gasteiger partial charge < -0.3 is 14.8 Å². The highest BCUT2D eigenvalue weighted by atomic mass is 16.4. The first kappa shape index (κ1) is 12.6. The molecule has 0 unspecified atom stereocenters. The van der Waals surface area contributed by atoms with Crippen LogP contribution in [0.4, 0.5) is 0 Å². The Hall–Kier alpha value is -1.82. The summed E-state index contributed by atoms with van der Waals surface area (Å²) in [6, 6.07) is 1.49. The van der Waals surface area contributed by atoms with Gasteiger partial charge in [-0.1, -0.05) is 0 Å². The van der Waals surface area contributed by atoms with Crippen molar-refractivity contribution in [1.82, 2.24) is 10.2 Å². The summed E-state index contributed by atoms with van der Waals surface area (Å²) in [5.74, 6) is -0.491. The Morgan fingerprint density at radius 1 is 1.61 bits per heavy atom. The zero-order valence-corrected chi connectivity index (χ0v) is 10.4. The molecule has 0 saturated carbocycles. The topological polar surface area (TPSA) is 82.8 Å². The third-order valence-electron chi connectivity index (χ3n) is 3.26. The van der Waals surface area contributed by atoms with E-state index in [-0.39, 0.29) is 11.5 Å². The van der Waals surface area contributed by atoms with Gasteiger partial charge in [0, 0.05) is 13.1 Å². The average Bonchev–Trinajstić information content (AvgIpc) is 2.74. The van der Waals surface area contributed by atoms with E-state index in [1.165, 1.54) is 12.3 Å². The Kier molecular flexibility index (Phi) is 3.13. The molecule has 0 aromatic carbocycles. The molecule has 0 bridgehead atoms. The Morgan fingerprint density at radius 2 is 2.33 bits per heavy atom. The normalized spacial score (nSPS) is 19.6. The molecule has 2 rings (SSSR count). The summed E-state index contributed by atoms with van der Waals surface area (Å²) in [5.41, 5.74) is -0.488. The smallest absolute Gasteiger partial charge is 0.338 e. The van der Waals surface area contributed by atoms with E-state index < -0.39 is 11.5 Å². The lowest BCUT2D eigenvalue weighted by Gasteiger charge is -2.40. The number of nitrogens with zero attached hydrogens (tertiary/aromatic N) is 1. The Labute approximate surface area is 105 Å². The molecule has 1 aliphatic heterocycles. The van der Waals surface area contributed by atoms with Crippen LogP contribution >= 0.6 is 0 Å². The fourth-order valence-electron chi connectivity index (χ4n) is 1.98. The Bertz CT molecular complexity index is 478. The molecule has 2 heterocycles. The molecular weight excluding hydrogens is 236 g/mol. The fourth-order valence-corrected chi connectivity index (χ4v) is 1.98. The van der Waals surface area contributed by atoms with Gasteiger partial charge in [-0.2, -0.15) is 0 Å². The third-order valence-corrected chi connectivity index (χ3v) is 3.26. The molecule has 1 aromatic rings. The molecule has 1 saturated heterocycles. The number of carboxylic acid groups (broad SMARTS) is 1. The number of carbonyl (C=O) groups is 2. The fraction of sp³-hybridized carbons (Fsp3) is 0.500. The average molecular weight is 252 g/mol. The van der Waals surface area contributed by atoms with E-state index in [4.69, 9.17) is 9.52 Å². The molecule has 2 N–H and O–H groups in total. The number of hydrogen-bond acceptors (Lipinski definition) is 4. The SMILES string of the molecule is CC1(C)C(=O)NCCN1Cc1cc(C(=O)O)co1. The quantitative estimate of drug-likeness (QED) is 0.827. The van der Waals surface area contributed by atoms with Crippen LogP contribution in [0.1, 0.15) is 30.0 Å². The molecule has 18 heavy (non-hydrogen) atoms. The highest BCUT2D eigenvalue weighted by Gasteiger charge is 2.37. The Balaban J connectivity index is 2.12. The summed E-state index contributed by atoms with van der Waals surface area (Å²) in [6.45, 7) is 5.40. The third kappa shape index (κ3) is 2.24. The molecule has 1 amide bonds. The number of rotatable bonds is 3. The van der Waals surface area contributed by atoms with Gasteiger partial charge in [-0.05, 0) is 19.9 Å². The van der Waals surface area contributed by atoms with Crippen LogP contribution in [0, 0.1) is 0 Å². The summed E-state index contributed by atoms with van der Waals surface area (Å²) < 4.78 is 5.20. The van der Waals surface area contributed by atoms with Gasteiger partial charge in [0.1, 0.15) is 12.0 Å². The van der Waals surface area contributed by atoms with E-state index in [0.717, 1.165) is 0 Å². The number of hydrogen-bond donors (Lipinski definition) is 2. The molecule has 98 valence electrons. The van der Waals surface area contributed by atoms with Crippen LogP contribution in [-0.2, 0) is 11.3 Å². The number of carbonyl (C=O) groups excluding carboxylic acids is 1. The number of piperazine rings is 1. The highest BCUT2D eigenvalue weighted by molar-refractivity contribution is 5.87. The molecular formula is C12H16N2O4. The molecule has 0 atom stereocenters. The second kappa shape index (κ2) is 4.45. The molecule has 6 nitrogen and oxygen atoms in total. The van der Waals surface area contributed by atoms with Crippen molar-refractivity contribution in [3.8, 4) is 0 Å². The predicted octanol–water partition coefficient (Wildman–Crippen LogP) is 0.688. The van der Waals surface area contributed by atoms with Crippen molar-refractivity contribution in [2.45, 2.75) is 25.9 Å². The minimum absolute atomic E-state index is 0.0289. The van der Waals surface area contributed by atoms with Crippen molar-refractivity contribution in [3.05, 3.63) is 23.7 Å². The summed E-state index contributed by atoms with van der Waals surface area (Å²) in [6.07, 6.45) is 1.22. The summed E-state index contributed by atoms with van der Waals surface area (Å²) in [7, 11) is 0. The van der Waals surface area contributed by atoms with Crippen LogP contribution in [0.25, 0.3) is 0 Å². The largest absolute Gasteiger partial charge is 0.478 e. The van der Waals surface area contributed by atoms with E-state index in [2.05, 4.69) is 5.32 Å². The van der Waals surface area contributed by atoms with Gasteiger partial charge in [0.25, 0.3) is 0 Å². The summed E-state index contributed by atoms with van der Waals surface area (Å²) in [5, 5.41) is 11.6. The standard InChI is InChI=1S/C12H16N2O4/c1-12(2)11(17)13-3-4-14(12)6-9-5-8(7-18-9)10(15)16/h5,7H,3-4,6H2,1-2H3,(H,13,17)(H,15,16). The second-order valence-electron chi connectivity index (χ2n) is 4.84. The van der Waals surface area contributed by atoms with Gasteiger partial charge in [0.15, 0.2) is 0 Å². The number of aromatic carboxylic acids is 1. The first-order valence-corrected chi connectivity index (χ1v) is 5.75. The number of amides is 1. The van der Waals surface area contributed by atoms with Crippen LogP contribution < -0.4 is 5.32 Å². The predicted molar refractivity (Wildman–Crippen MR) is 63.2 cm³/mol. The van der Waals surface area contributed by atoms with Gasteiger partial charge >= 0.3 is 5.97 Å². The first-order chi connectivity index (χ1) is 8.41. The zero-order valence-electron chi connectivity index (χ0n) is 10.4. The van der Waals surface area contributed by atoms with Gasteiger partial charge in [0.2, 0.25) is 5.91 Å². The summed E-state index contributed by atoms with van der Waals surface area (Å²) >= 11 is 0. The minimum atomic E-state index is -1.01. The van der Waals surface area contributed by atoms with Gasteiger partial charge in [-0.3, -0.25) is 9.69 Å². The van der Waals surface area contributed by atoms with Crippen molar-refractivity contribution < 1.29 is 19.1 Å². The zero-order chi connectivity index (χ0) is 13.3. The minimum Gasteiger partial charge on any atom is -0.478 e. The molecule has 6 heteroatoms. The van der Waals surface area contributed by atoms with Gasteiger partial charge in [-0.15, -0.1) is 0 Å². The van der Waals surface area contributed by atoms with Crippen molar-refractivity contribution in [2.24, 2.45) is 0 Å².